The molecule has 2 aromatic carbocycles. The van der Waals surface area contributed by atoms with Crippen molar-refractivity contribution in [1.29, 1.82) is 0 Å². The lowest BCUT2D eigenvalue weighted by molar-refractivity contribution is -0.132. The molecule has 3 aromatic heterocycles. The molecule has 5 aromatic rings. The molecular weight excluding hydrogens is 504 g/mol. The number of hydrogen-bond acceptors (Lipinski definition) is 8. The SMILES string of the molecule is COc1cccc(C2/C(=C(\O)c3c(C)nc4ccccn34)C(=O)C(=O)N2c2nc3ccc(OC)cc3s2)c1. The Morgan fingerprint density at radius 3 is 2.55 bits per heavy atom. The van der Waals surface area contributed by atoms with E-state index in [-0.39, 0.29) is 11.3 Å². The van der Waals surface area contributed by atoms with Gasteiger partial charge in [0.2, 0.25) is 0 Å². The van der Waals surface area contributed by atoms with Crippen molar-refractivity contribution in [2.45, 2.75) is 13.0 Å². The molecule has 6 rings (SSSR count). The van der Waals surface area contributed by atoms with E-state index in [4.69, 9.17) is 9.47 Å². The van der Waals surface area contributed by atoms with Gasteiger partial charge in [-0.15, -0.1) is 0 Å². The predicted molar refractivity (Wildman–Crippen MR) is 144 cm³/mol. The second kappa shape index (κ2) is 9.00. The van der Waals surface area contributed by atoms with E-state index in [1.807, 2.05) is 12.1 Å². The number of rotatable bonds is 5. The molecule has 1 saturated heterocycles. The van der Waals surface area contributed by atoms with Gasteiger partial charge >= 0.3 is 5.91 Å². The molecule has 0 spiro atoms. The maximum Gasteiger partial charge on any atom is 0.301 e. The van der Waals surface area contributed by atoms with Crippen molar-refractivity contribution < 1.29 is 24.2 Å². The van der Waals surface area contributed by atoms with Crippen LogP contribution in [0.15, 0.2) is 72.4 Å². The fourth-order valence-electron chi connectivity index (χ4n) is 4.81. The summed E-state index contributed by atoms with van der Waals surface area (Å²) in [7, 11) is 3.12. The highest BCUT2D eigenvalue weighted by Gasteiger charge is 2.48. The second-order valence-corrected chi connectivity index (χ2v) is 9.76. The number of ether oxygens (including phenoxy) is 2. The van der Waals surface area contributed by atoms with Gasteiger partial charge in [-0.1, -0.05) is 29.5 Å². The van der Waals surface area contributed by atoms with Crippen molar-refractivity contribution in [2.75, 3.05) is 19.1 Å². The molecule has 1 aliphatic rings. The van der Waals surface area contributed by atoms with Crippen LogP contribution < -0.4 is 14.4 Å². The minimum Gasteiger partial charge on any atom is -0.505 e. The highest BCUT2D eigenvalue weighted by Crippen LogP contribution is 2.45. The van der Waals surface area contributed by atoms with Crippen molar-refractivity contribution in [3.8, 4) is 11.5 Å². The van der Waals surface area contributed by atoms with Crippen LogP contribution in [0.4, 0.5) is 5.13 Å². The summed E-state index contributed by atoms with van der Waals surface area (Å²) in [4.78, 5) is 37.7. The van der Waals surface area contributed by atoms with Crippen LogP contribution in [0.1, 0.15) is 23.0 Å². The number of carbonyl (C=O) groups excluding carboxylic acids is 2. The molecule has 0 bridgehead atoms. The van der Waals surface area contributed by atoms with Gasteiger partial charge in [0.15, 0.2) is 10.9 Å². The van der Waals surface area contributed by atoms with Gasteiger partial charge in [0, 0.05) is 6.20 Å². The fraction of sp³-hybridized carbons (Fsp3) is 0.143. The zero-order valence-electron chi connectivity index (χ0n) is 20.7. The van der Waals surface area contributed by atoms with E-state index in [1.165, 1.54) is 16.2 Å². The standard InChI is InChI=1S/C28H22N4O5S/c1-15-23(31-12-5-4-9-21(31)29-15)25(33)22-24(16-7-6-8-17(13-16)36-2)32(27(35)26(22)34)28-30-19-11-10-18(37-3)14-20(19)38-28/h4-14,24,33H,1-3H3/b25-22+. The molecule has 0 radical (unpaired) electrons. The van der Waals surface area contributed by atoms with E-state index in [0.29, 0.717) is 44.7 Å². The number of thiazole rings is 1. The minimum atomic E-state index is -0.943. The first kappa shape index (κ1) is 23.7. The average Bonchev–Trinajstić information content (AvgIpc) is 3.58. The number of carbonyl (C=O) groups is 2. The highest BCUT2D eigenvalue weighted by atomic mass is 32.1. The number of aliphatic hydroxyl groups excluding tert-OH is 1. The summed E-state index contributed by atoms with van der Waals surface area (Å²) in [6, 6.07) is 17.0. The zero-order valence-corrected chi connectivity index (χ0v) is 21.5. The Balaban J connectivity index is 1.60. The van der Waals surface area contributed by atoms with Gasteiger partial charge in [-0.2, -0.15) is 0 Å². The Labute approximate surface area is 221 Å². The van der Waals surface area contributed by atoms with Crippen molar-refractivity contribution >= 4 is 49.8 Å². The van der Waals surface area contributed by atoms with E-state index in [1.54, 1.807) is 80.3 Å². The van der Waals surface area contributed by atoms with E-state index >= 15 is 0 Å². The maximum absolute atomic E-state index is 13.6. The fourth-order valence-corrected chi connectivity index (χ4v) is 5.83. The van der Waals surface area contributed by atoms with E-state index in [0.717, 1.165) is 4.70 Å². The maximum atomic E-state index is 13.6. The molecule has 38 heavy (non-hydrogen) atoms. The monoisotopic (exact) mass is 526 g/mol. The van der Waals surface area contributed by atoms with Crippen LogP contribution in [0, 0.1) is 6.92 Å². The lowest BCUT2D eigenvalue weighted by Gasteiger charge is -2.23. The molecule has 190 valence electrons. The minimum absolute atomic E-state index is 0.0474. The number of hydrogen-bond donors (Lipinski definition) is 1. The van der Waals surface area contributed by atoms with Crippen molar-refractivity contribution in [3.63, 3.8) is 0 Å². The third kappa shape index (κ3) is 3.60. The van der Waals surface area contributed by atoms with E-state index in [9.17, 15) is 14.7 Å². The third-order valence-electron chi connectivity index (χ3n) is 6.57. The number of Topliss-reactive ketones (excluding diaryl/α,β-unsaturated/α-hetero) is 1. The normalized spacial score (nSPS) is 17.0. The van der Waals surface area contributed by atoms with Gasteiger partial charge in [0.05, 0.1) is 41.7 Å². The summed E-state index contributed by atoms with van der Waals surface area (Å²) in [6.07, 6.45) is 1.75. The Kier molecular flexibility index (Phi) is 5.61. The van der Waals surface area contributed by atoms with Gasteiger partial charge in [-0.25, -0.2) is 9.97 Å². The number of nitrogens with zero attached hydrogens (tertiary/aromatic N) is 4. The van der Waals surface area contributed by atoms with Crippen LogP contribution in [0.25, 0.3) is 21.6 Å². The van der Waals surface area contributed by atoms with Crippen LogP contribution in [-0.4, -0.2) is 45.4 Å². The number of aryl methyl sites for hydroxylation is 1. The third-order valence-corrected chi connectivity index (χ3v) is 7.59. The number of anilines is 1. The average molecular weight is 527 g/mol. The smallest absolute Gasteiger partial charge is 0.301 e. The Morgan fingerprint density at radius 1 is 0.974 bits per heavy atom. The van der Waals surface area contributed by atoms with Crippen LogP contribution in [0.3, 0.4) is 0 Å². The number of methoxy groups -OCH3 is 2. The lowest BCUT2D eigenvalue weighted by Crippen LogP contribution is -2.29. The summed E-state index contributed by atoms with van der Waals surface area (Å²) in [6.45, 7) is 1.75. The van der Waals surface area contributed by atoms with Gasteiger partial charge in [-0.05, 0) is 55.0 Å². The molecule has 1 N–H and O–H groups in total. The van der Waals surface area contributed by atoms with E-state index in [2.05, 4.69) is 9.97 Å². The Morgan fingerprint density at radius 2 is 1.76 bits per heavy atom. The molecule has 0 saturated carbocycles. The number of aliphatic hydroxyl groups is 1. The largest absolute Gasteiger partial charge is 0.505 e. The predicted octanol–water partition coefficient (Wildman–Crippen LogP) is 4.90. The summed E-state index contributed by atoms with van der Waals surface area (Å²) in [5.41, 5.74) is 2.69. The first-order valence-corrected chi connectivity index (χ1v) is 12.6. The van der Waals surface area contributed by atoms with Crippen molar-refractivity contribution in [2.24, 2.45) is 0 Å². The van der Waals surface area contributed by atoms with Crippen molar-refractivity contribution in [1.82, 2.24) is 14.4 Å². The van der Waals surface area contributed by atoms with E-state index < -0.39 is 17.7 Å². The van der Waals surface area contributed by atoms with Gasteiger partial charge in [0.1, 0.15) is 22.8 Å². The number of amides is 1. The number of ketones is 1. The van der Waals surface area contributed by atoms with Crippen LogP contribution >= 0.6 is 11.3 Å². The van der Waals surface area contributed by atoms with Crippen LogP contribution in [0.5, 0.6) is 11.5 Å². The van der Waals surface area contributed by atoms with Gasteiger partial charge in [0.25, 0.3) is 5.78 Å². The number of benzene rings is 2. The number of fused-ring (bicyclic) bond motifs is 2. The molecule has 1 unspecified atom stereocenters. The van der Waals surface area contributed by atoms with Crippen molar-refractivity contribution in [3.05, 3.63) is 89.4 Å². The van der Waals surface area contributed by atoms with Gasteiger partial charge < -0.3 is 14.6 Å². The summed E-state index contributed by atoms with van der Waals surface area (Å²) in [5.74, 6) is -0.692. The number of pyridine rings is 1. The number of aromatic nitrogens is 3. The Bertz CT molecular complexity index is 1790. The molecular formula is C28H22N4O5S. The summed E-state index contributed by atoms with van der Waals surface area (Å²) in [5, 5.41) is 12.0. The highest BCUT2D eigenvalue weighted by molar-refractivity contribution is 7.22. The molecule has 1 aliphatic heterocycles. The molecule has 1 amide bonds. The van der Waals surface area contributed by atoms with Crippen LogP contribution in [0.2, 0.25) is 0 Å². The first-order chi connectivity index (χ1) is 18.4. The first-order valence-electron chi connectivity index (χ1n) is 11.7. The number of imidazole rings is 1. The molecule has 4 heterocycles. The topological polar surface area (TPSA) is 106 Å². The van der Waals surface area contributed by atoms with Gasteiger partial charge in [-0.3, -0.25) is 18.9 Å². The molecule has 0 aliphatic carbocycles. The molecule has 1 fully saturated rings. The summed E-state index contributed by atoms with van der Waals surface area (Å²) < 4.78 is 13.2. The molecule has 10 heteroatoms. The quantitative estimate of drug-likeness (QED) is 0.197. The second-order valence-electron chi connectivity index (χ2n) is 8.75. The molecule has 9 nitrogen and oxygen atoms in total. The summed E-state index contributed by atoms with van der Waals surface area (Å²) >= 11 is 1.26. The Hall–Kier alpha value is -4.70. The molecule has 1 atom stereocenters. The lowest BCUT2D eigenvalue weighted by atomic mass is 9.96. The zero-order chi connectivity index (χ0) is 26.6. The van der Waals surface area contributed by atoms with Crippen LogP contribution in [-0.2, 0) is 9.59 Å².